The van der Waals surface area contributed by atoms with Crippen LogP contribution in [0.15, 0.2) is 78.9 Å². The van der Waals surface area contributed by atoms with Gasteiger partial charge in [0.1, 0.15) is 0 Å². The molecule has 2 heterocycles. The third-order valence-electron chi connectivity index (χ3n) is 7.97. The molecular formula is C32H38N4O2. The van der Waals surface area contributed by atoms with Gasteiger partial charge in [0.05, 0.1) is 13.1 Å². The Morgan fingerprint density at radius 3 is 1.37 bits per heavy atom. The van der Waals surface area contributed by atoms with Gasteiger partial charge in [0.15, 0.2) is 0 Å². The molecule has 0 unspecified atom stereocenters. The highest BCUT2D eigenvalue weighted by Crippen LogP contribution is 2.39. The fourth-order valence-corrected chi connectivity index (χ4v) is 5.73. The molecule has 5 rings (SSSR count). The van der Waals surface area contributed by atoms with Crippen molar-refractivity contribution >= 4 is 23.2 Å². The Morgan fingerprint density at radius 2 is 0.974 bits per heavy atom. The molecule has 0 saturated carbocycles. The van der Waals surface area contributed by atoms with E-state index in [0.717, 1.165) is 48.7 Å². The molecule has 3 aromatic rings. The van der Waals surface area contributed by atoms with Crippen molar-refractivity contribution in [3.05, 3.63) is 95.6 Å². The number of hydrogen-bond acceptors (Lipinski definition) is 4. The number of carbonyl (C=O) groups is 2. The van der Waals surface area contributed by atoms with E-state index in [0.29, 0.717) is 13.1 Å². The Kier molecular flexibility index (Phi) is 8.20. The van der Waals surface area contributed by atoms with Gasteiger partial charge in [0, 0.05) is 16.8 Å². The number of benzene rings is 3. The number of nitrogens with one attached hydrogen (secondary N) is 2. The van der Waals surface area contributed by atoms with Gasteiger partial charge in [-0.05, 0) is 99.7 Å². The van der Waals surface area contributed by atoms with Crippen molar-refractivity contribution in [2.45, 2.75) is 38.0 Å². The van der Waals surface area contributed by atoms with Crippen LogP contribution in [0.1, 0.15) is 49.3 Å². The van der Waals surface area contributed by atoms with Crippen LogP contribution < -0.4 is 10.6 Å². The van der Waals surface area contributed by atoms with Gasteiger partial charge in [-0.1, -0.05) is 54.6 Å². The standard InChI is InChI=1S/C32H38N4O2/c1-32(25-9-3-2-4-10-25,26-11-15-28(16-12-26)33-30(37)23-35-19-5-6-20-35)27-13-17-29(18-14-27)34-31(38)24-36-21-7-8-22-36/h2-4,9-18H,5-8,19-24H2,1H3,(H,33,37)(H,34,38). The molecule has 38 heavy (non-hydrogen) atoms. The summed E-state index contributed by atoms with van der Waals surface area (Å²) in [4.78, 5) is 29.4. The summed E-state index contributed by atoms with van der Waals surface area (Å²) in [5.74, 6) is 0.0701. The Balaban J connectivity index is 1.33. The largest absolute Gasteiger partial charge is 0.325 e. The lowest BCUT2D eigenvalue weighted by atomic mass is 9.71. The summed E-state index contributed by atoms with van der Waals surface area (Å²) >= 11 is 0. The lowest BCUT2D eigenvalue weighted by Gasteiger charge is -2.32. The number of anilines is 2. The monoisotopic (exact) mass is 510 g/mol. The van der Waals surface area contributed by atoms with Crippen LogP contribution >= 0.6 is 0 Å². The van der Waals surface area contributed by atoms with E-state index in [1.54, 1.807) is 0 Å². The predicted octanol–water partition coefficient (Wildman–Crippen LogP) is 5.11. The smallest absolute Gasteiger partial charge is 0.238 e. The zero-order valence-electron chi connectivity index (χ0n) is 22.3. The van der Waals surface area contributed by atoms with Gasteiger partial charge in [0.2, 0.25) is 11.8 Å². The van der Waals surface area contributed by atoms with Gasteiger partial charge in [-0.15, -0.1) is 0 Å². The quantitative estimate of drug-likeness (QED) is 0.393. The first kappa shape index (κ1) is 26.1. The highest BCUT2D eigenvalue weighted by molar-refractivity contribution is 5.93. The van der Waals surface area contributed by atoms with Crippen LogP contribution in [-0.2, 0) is 15.0 Å². The van der Waals surface area contributed by atoms with Crippen molar-refractivity contribution in [1.29, 1.82) is 0 Å². The minimum Gasteiger partial charge on any atom is -0.325 e. The molecule has 0 atom stereocenters. The van der Waals surface area contributed by atoms with Crippen molar-refractivity contribution in [1.82, 2.24) is 9.80 Å². The summed E-state index contributed by atoms with van der Waals surface area (Å²) in [6.45, 7) is 7.13. The van der Waals surface area contributed by atoms with E-state index in [2.05, 4.69) is 75.9 Å². The van der Waals surface area contributed by atoms with Gasteiger partial charge in [-0.25, -0.2) is 0 Å². The summed E-state index contributed by atoms with van der Waals surface area (Å²) < 4.78 is 0. The van der Waals surface area contributed by atoms with Gasteiger partial charge in [-0.2, -0.15) is 0 Å². The Hall–Kier alpha value is -3.48. The number of nitrogens with zero attached hydrogens (tertiary/aromatic N) is 2. The molecule has 0 aliphatic carbocycles. The second-order valence-electron chi connectivity index (χ2n) is 10.7. The van der Waals surface area contributed by atoms with Gasteiger partial charge >= 0.3 is 0 Å². The van der Waals surface area contributed by atoms with Crippen LogP contribution in [0.5, 0.6) is 0 Å². The van der Waals surface area contributed by atoms with Crippen molar-refractivity contribution in [3.8, 4) is 0 Å². The van der Waals surface area contributed by atoms with E-state index in [9.17, 15) is 9.59 Å². The first-order chi connectivity index (χ1) is 18.5. The second-order valence-corrected chi connectivity index (χ2v) is 10.7. The molecule has 3 aromatic carbocycles. The lowest BCUT2D eigenvalue weighted by Crippen LogP contribution is -2.31. The Morgan fingerprint density at radius 1 is 0.605 bits per heavy atom. The second kappa shape index (κ2) is 11.9. The van der Waals surface area contributed by atoms with Crippen molar-refractivity contribution < 1.29 is 9.59 Å². The molecule has 2 aliphatic heterocycles. The molecule has 198 valence electrons. The molecule has 2 N–H and O–H groups in total. The summed E-state index contributed by atoms with van der Waals surface area (Å²) in [7, 11) is 0. The maximum absolute atomic E-state index is 12.5. The summed E-state index contributed by atoms with van der Waals surface area (Å²) in [5.41, 5.74) is 4.65. The summed E-state index contributed by atoms with van der Waals surface area (Å²) in [6.07, 6.45) is 4.69. The lowest BCUT2D eigenvalue weighted by molar-refractivity contribution is -0.117. The van der Waals surface area contributed by atoms with Crippen molar-refractivity contribution in [2.75, 3.05) is 49.9 Å². The van der Waals surface area contributed by atoms with Crippen LogP contribution in [0.2, 0.25) is 0 Å². The van der Waals surface area contributed by atoms with Gasteiger partial charge in [-0.3, -0.25) is 19.4 Å². The fourth-order valence-electron chi connectivity index (χ4n) is 5.73. The van der Waals surface area contributed by atoms with E-state index in [1.165, 1.54) is 31.2 Å². The van der Waals surface area contributed by atoms with Crippen LogP contribution in [0.3, 0.4) is 0 Å². The van der Waals surface area contributed by atoms with E-state index >= 15 is 0 Å². The Bertz CT molecular complexity index is 1140. The van der Waals surface area contributed by atoms with Gasteiger partial charge < -0.3 is 10.6 Å². The molecule has 6 nitrogen and oxygen atoms in total. The maximum Gasteiger partial charge on any atom is 0.238 e. The van der Waals surface area contributed by atoms with E-state index in [1.807, 2.05) is 30.3 Å². The predicted molar refractivity (Wildman–Crippen MR) is 153 cm³/mol. The van der Waals surface area contributed by atoms with E-state index in [4.69, 9.17) is 0 Å². The average Bonchev–Trinajstić information content (AvgIpc) is 3.64. The molecule has 2 saturated heterocycles. The van der Waals surface area contributed by atoms with E-state index < -0.39 is 5.41 Å². The highest BCUT2D eigenvalue weighted by atomic mass is 16.2. The zero-order chi connectivity index (χ0) is 26.4. The minimum absolute atomic E-state index is 0.0350. The molecule has 0 radical (unpaired) electrons. The fraction of sp³-hybridized carbons (Fsp3) is 0.375. The van der Waals surface area contributed by atoms with Crippen molar-refractivity contribution in [3.63, 3.8) is 0 Å². The SMILES string of the molecule is CC(c1ccccc1)(c1ccc(NC(=O)CN2CCCC2)cc1)c1ccc(NC(=O)CN2CCCC2)cc1. The molecule has 2 amide bonds. The first-order valence-corrected chi connectivity index (χ1v) is 13.8. The molecule has 2 fully saturated rings. The molecule has 0 spiro atoms. The molecule has 2 aliphatic rings. The minimum atomic E-state index is -0.405. The average molecular weight is 511 g/mol. The number of rotatable bonds is 9. The van der Waals surface area contributed by atoms with Crippen LogP contribution in [0, 0.1) is 0 Å². The molecule has 6 heteroatoms. The zero-order valence-corrected chi connectivity index (χ0v) is 22.3. The van der Waals surface area contributed by atoms with Gasteiger partial charge in [0.25, 0.3) is 0 Å². The number of hydrogen-bond donors (Lipinski definition) is 2. The highest BCUT2D eigenvalue weighted by Gasteiger charge is 2.31. The number of amides is 2. The van der Waals surface area contributed by atoms with Crippen LogP contribution in [0.25, 0.3) is 0 Å². The third kappa shape index (κ3) is 6.14. The molecular weight excluding hydrogens is 472 g/mol. The number of likely N-dealkylation sites (tertiary alicyclic amines) is 2. The van der Waals surface area contributed by atoms with Crippen LogP contribution in [-0.4, -0.2) is 60.9 Å². The Labute approximate surface area is 226 Å². The summed E-state index contributed by atoms with van der Waals surface area (Å²) in [5, 5.41) is 6.11. The molecule has 0 bridgehead atoms. The normalized spacial score (nSPS) is 16.4. The maximum atomic E-state index is 12.5. The van der Waals surface area contributed by atoms with Crippen LogP contribution in [0.4, 0.5) is 11.4 Å². The number of carbonyl (C=O) groups excluding carboxylic acids is 2. The van der Waals surface area contributed by atoms with E-state index in [-0.39, 0.29) is 11.8 Å². The van der Waals surface area contributed by atoms with Crippen molar-refractivity contribution in [2.24, 2.45) is 0 Å². The first-order valence-electron chi connectivity index (χ1n) is 13.8. The molecule has 0 aromatic heterocycles. The third-order valence-corrected chi connectivity index (χ3v) is 7.97. The topological polar surface area (TPSA) is 64.7 Å². The summed E-state index contributed by atoms with van der Waals surface area (Å²) in [6, 6.07) is 26.8.